The zero-order chi connectivity index (χ0) is 7.90. The third-order valence-corrected chi connectivity index (χ3v) is 4.34. The van der Waals surface area contributed by atoms with Crippen LogP contribution in [0, 0.1) is 17.3 Å². The number of halogens is 1. The minimum Gasteiger partial charge on any atom is -0.126 e. The Labute approximate surface area is 74.3 Å². The molecule has 2 rings (SSSR count). The summed E-state index contributed by atoms with van der Waals surface area (Å²) in [6, 6.07) is 0. The van der Waals surface area contributed by atoms with Crippen LogP contribution in [0.4, 0.5) is 0 Å². The van der Waals surface area contributed by atoms with Crippen LogP contribution in [0.15, 0.2) is 0 Å². The van der Waals surface area contributed by atoms with Crippen molar-refractivity contribution in [2.45, 2.75) is 39.0 Å². The summed E-state index contributed by atoms with van der Waals surface area (Å²) in [4.78, 5) is 0. The van der Waals surface area contributed by atoms with E-state index < -0.39 is 0 Å². The van der Waals surface area contributed by atoms with Gasteiger partial charge in [-0.25, -0.2) is 0 Å². The summed E-state index contributed by atoms with van der Waals surface area (Å²) in [7, 11) is 0. The maximum atomic E-state index is 5.81. The first kappa shape index (κ1) is 7.91. The van der Waals surface area contributed by atoms with E-state index in [2.05, 4.69) is 6.92 Å². The topological polar surface area (TPSA) is 0 Å². The van der Waals surface area contributed by atoms with Crippen LogP contribution in [0.1, 0.15) is 39.0 Å². The van der Waals surface area contributed by atoms with Crippen LogP contribution < -0.4 is 0 Å². The third kappa shape index (κ3) is 1.20. The molecule has 1 unspecified atom stereocenters. The summed E-state index contributed by atoms with van der Waals surface area (Å²) in [6.45, 7) is 2.29. The van der Waals surface area contributed by atoms with Crippen molar-refractivity contribution < 1.29 is 0 Å². The molecule has 0 bridgehead atoms. The molecule has 0 heterocycles. The second kappa shape index (κ2) is 2.65. The molecule has 0 radical (unpaired) electrons. The fraction of sp³-hybridized carbons (Fsp3) is 1.00. The van der Waals surface area contributed by atoms with Crippen LogP contribution in [-0.2, 0) is 0 Å². The van der Waals surface area contributed by atoms with Crippen molar-refractivity contribution in [3.8, 4) is 0 Å². The lowest BCUT2D eigenvalue weighted by molar-refractivity contribution is -0.0429. The van der Waals surface area contributed by atoms with Gasteiger partial charge in [-0.3, -0.25) is 0 Å². The van der Waals surface area contributed by atoms with Crippen molar-refractivity contribution in [1.82, 2.24) is 0 Å². The van der Waals surface area contributed by atoms with Gasteiger partial charge in [-0.05, 0) is 42.9 Å². The summed E-state index contributed by atoms with van der Waals surface area (Å²) in [5.41, 5.74) is 0.838. The van der Waals surface area contributed by atoms with Gasteiger partial charge in [0.15, 0.2) is 0 Å². The first-order chi connectivity index (χ1) is 5.26. The molecular formula is C10H17Cl. The second-order valence-electron chi connectivity index (χ2n) is 4.65. The van der Waals surface area contributed by atoms with E-state index in [1.165, 1.54) is 32.1 Å². The molecule has 0 aromatic heterocycles. The average molecular weight is 173 g/mol. The molecule has 0 nitrogen and oxygen atoms in total. The standard InChI is InChI=1S/C10H17Cl/c1-8(7-11)9-5-10(6-9)3-2-4-10/h8-9H,2-7H2,1H3. The normalized spacial score (nSPS) is 31.1. The first-order valence-corrected chi connectivity index (χ1v) is 5.35. The Bertz CT molecular complexity index is 141. The molecule has 0 amide bonds. The fourth-order valence-corrected chi connectivity index (χ4v) is 2.92. The van der Waals surface area contributed by atoms with Crippen molar-refractivity contribution in [2.24, 2.45) is 17.3 Å². The van der Waals surface area contributed by atoms with Gasteiger partial charge in [0, 0.05) is 5.88 Å². The highest BCUT2D eigenvalue weighted by Gasteiger charge is 2.48. The van der Waals surface area contributed by atoms with Crippen LogP contribution in [0.2, 0.25) is 0 Å². The minimum atomic E-state index is 0.767. The lowest BCUT2D eigenvalue weighted by Gasteiger charge is -2.56. The van der Waals surface area contributed by atoms with Gasteiger partial charge < -0.3 is 0 Å². The van der Waals surface area contributed by atoms with Crippen molar-refractivity contribution in [3.05, 3.63) is 0 Å². The molecule has 2 fully saturated rings. The summed E-state index contributed by atoms with van der Waals surface area (Å²) in [5.74, 6) is 2.59. The maximum Gasteiger partial charge on any atom is 0.0251 e. The third-order valence-electron chi connectivity index (χ3n) is 3.85. The SMILES string of the molecule is CC(CCl)C1CC2(CCC2)C1. The molecule has 11 heavy (non-hydrogen) atoms. The van der Waals surface area contributed by atoms with Crippen LogP contribution in [0.3, 0.4) is 0 Å². The largest absolute Gasteiger partial charge is 0.126 e. The maximum absolute atomic E-state index is 5.81. The van der Waals surface area contributed by atoms with Gasteiger partial charge in [-0.1, -0.05) is 13.3 Å². The molecule has 2 aliphatic rings. The van der Waals surface area contributed by atoms with Crippen molar-refractivity contribution in [3.63, 3.8) is 0 Å². The predicted octanol–water partition coefficient (Wildman–Crippen LogP) is 3.44. The van der Waals surface area contributed by atoms with Crippen molar-refractivity contribution in [2.75, 3.05) is 5.88 Å². The molecule has 0 N–H and O–H groups in total. The highest BCUT2D eigenvalue weighted by molar-refractivity contribution is 6.18. The van der Waals surface area contributed by atoms with Crippen molar-refractivity contribution in [1.29, 1.82) is 0 Å². The smallest absolute Gasteiger partial charge is 0.0251 e. The highest BCUT2D eigenvalue weighted by atomic mass is 35.5. The monoisotopic (exact) mass is 172 g/mol. The van der Waals surface area contributed by atoms with Gasteiger partial charge in [0.25, 0.3) is 0 Å². The molecule has 0 saturated heterocycles. The molecule has 0 aromatic rings. The Kier molecular flexibility index (Phi) is 1.91. The Hall–Kier alpha value is 0.290. The summed E-state index contributed by atoms with van der Waals surface area (Å²) >= 11 is 5.81. The Balaban J connectivity index is 1.78. The van der Waals surface area contributed by atoms with Crippen LogP contribution in [-0.4, -0.2) is 5.88 Å². The van der Waals surface area contributed by atoms with Crippen LogP contribution in [0.25, 0.3) is 0 Å². The van der Waals surface area contributed by atoms with E-state index in [1.54, 1.807) is 0 Å². The van der Waals surface area contributed by atoms with E-state index in [-0.39, 0.29) is 0 Å². The molecular weight excluding hydrogens is 156 g/mol. The van der Waals surface area contributed by atoms with Gasteiger partial charge in [-0.15, -0.1) is 11.6 Å². The molecule has 1 heteroatoms. The van der Waals surface area contributed by atoms with E-state index >= 15 is 0 Å². The zero-order valence-corrected chi connectivity index (χ0v) is 8.03. The molecule has 2 saturated carbocycles. The van der Waals surface area contributed by atoms with Crippen LogP contribution in [0.5, 0.6) is 0 Å². The molecule has 1 spiro atoms. The molecule has 2 aliphatic carbocycles. The first-order valence-electron chi connectivity index (χ1n) is 4.82. The quantitative estimate of drug-likeness (QED) is 0.560. The van der Waals surface area contributed by atoms with Gasteiger partial charge in [0.2, 0.25) is 0 Å². The van der Waals surface area contributed by atoms with Crippen molar-refractivity contribution >= 4 is 11.6 Å². The predicted molar refractivity (Wildman–Crippen MR) is 48.9 cm³/mol. The molecule has 0 aromatic carbocycles. The Morgan fingerprint density at radius 3 is 2.45 bits per heavy atom. The lowest BCUT2D eigenvalue weighted by atomic mass is 9.50. The van der Waals surface area contributed by atoms with Crippen LogP contribution >= 0.6 is 11.6 Å². The van der Waals surface area contributed by atoms with Gasteiger partial charge in [0.1, 0.15) is 0 Å². The minimum absolute atomic E-state index is 0.767. The lowest BCUT2D eigenvalue weighted by Crippen LogP contribution is -2.45. The number of hydrogen-bond donors (Lipinski definition) is 0. The number of hydrogen-bond acceptors (Lipinski definition) is 0. The van der Waals surface area contributed by atoms with Gasteiger partial charge in [-0.2, -0.15) is 0 Å². The van der Waals surface area contributed by atoms with E-state index in [0.717, 1.165) is 23.1 Å². The second-order valence-corrected chi connectivity index (χ2v) is 4.96. The number of rotatable bonds is 2. The van der Waals surface area contributed by atoms with Gasteiger partial charge >= 0.3 is 0 Å². The molecule has 0 aliphatic heterocycles. The highest BCUT2D eigenvalue weighted by Crippen LogP contribution is 2.60. The zero-order valence-electron chi connectivity index (χ0n) is 7.28. The Morgan fingerprint density at radius 1 is 1.45 bits per heavy atom. The fourth-order valence-electron chi connectivity index (χ4n) is 2.67. The van der Waals surface area contributed by atoms with E-state index in [1.807, 2.05) is 0 Å². The van der Waals surface area contributed by atoms with E-state index in [9.17, 15) is 0 Å². The molecule has 1 atom stereocenters. The number of alkyl halides is 1. The van der Waals surface area contributed by atoms with E-state index in [0.29, 0.717) is 0 Å². The van der Waals surface area contributed by atoms with E-state index in [4.69, 9.17) is 11.6 Å². The molecule has 64 valence electrons. The summed E-state index contributed by atoms with van der Waals surface area (Å²) < 4.78 is 0. The summed E-state index contributed by atoms with van der Waals surface area (Å²) in [5, 5.41) is 0. The van der Waals surface area contributed by atoms with Gasteiger partial charge in [0.05, 0.1) is 0 Å². The average Bonchev–Trinajstić information content (AvgIpc) is 1.81. The Morgan fingerprint density at radius 2 is 2.09 bits per heavy atom. The summed E-state index contributed by atoms with van der Waals surface area (Å²) in [6.07, 6.45) is 7.49.